The van der Waals surface area contributed by atoms with E-state index >= 15 is 0 Å². The van der Waals surface area contributed by atoms with E-state index in [1.807, 2.05) is 0 Å². The van der Waals surface area contributed by atoms with Gasteiger partial charge in [0.05, 0.1) is 0 Å². The molecule has 2 aromatic carbocycles. The molecule has 0 unspecified atom stereocenters. The number of rotatable bonds is 7. The Labute approximate surface area is 135 Å². The fourth-order valence-corrected chi connectivity index (χ4v) is 3.37. The van der Waals surface area contributed by atoms with Gasteiger partial charge in [0.2, 0.25) is 0 Å². The topological polar surface area (TPSA) is 9.23 Å². The summed E-state index contributed by atoms with van der Waals surface area (Å²) in [6.07, 6.45) is 2.17. The first-order valence-corrected chi connectivity index (χ1v) is 8.12. The average molecular weight is 296 g/mol. The second-order valence-electron chi connectivity index (χ2n) is 6.79. The average Bonchev–Trinajstić information content (AvgIpc) is 2.56. The predicted octanol–water partition coefficient (Wildman–Crippen LogP) is 5.35. The van der Waals surface area contributed by atoms with E-state index in [2.05, 4.69) is 81.4 Å². The van der Waals surface area contributed by atoms with Crippen molar-refractivity contribution in [2.75, 3.05) is 13.7 Å². The van der Waals surface area contributed by atoms with Gasteiger partial charge in [-0.1, -0.05) is 81.4 Å². The SMILES string of the molecule is COCCC[C@](C)(c1ccccc1)C(C)(C)c1ccccc1. The Morgan fingerprint density at radius 3 is 1.77 bits per heavy atom. The third-order valence-electron chi connectivity index (χ3n) is 5.31. The Hall–Kier alpha value is -1.60. The van der Waals surface area contributed by atoms with Crippen molar-refractivity contribution >= 4 is 0 Å². The van der Waals surface area contributed by atoms with Crippen molar-refractivity contribution in [3.05, 3.63) is 71.8 Å². The molecule has 0 fully saturated rings. The van der Waals surface area contributed by atoms with Crippen LogP contribution in [0.1, 0.15) is 44.7 Å². The smallest absolute Gasteiger partial charge is 0.0462 e. The molecule has 0 N–H and O–H groups in total. The Bertz CT molecular complexity index is 559. The van der Waals surface area contributed by atoms with Gasteiger partial charge in [0.1, 0.15) is 0 Å². The predicted molar refractivity (Wildman–Crippen MR) is 94.4 cm³/mol. The van der Waals surface area contributed by atoms with Crippen LogP contribution in [-0.4, -0.2) is 13.7 Å². The molecule has 0 aliphatic rings. The lowest BCUT2D eigenvalue weighted by Gasteiger charge is -2.46. The van der Waals surface area contributed by atoms with E-state index in [4.69, 9.17) is 4.74 Å². The van der Waals surface area contributed by atoms with Gasteiger partial charge in [0, 0.05) is 19.1 Å². The van der Waals surface area contributed by atoms with Crippen molar-refractivity contribution < 1.29 is 4.74 Å². The zero-order chi connectivity index (χ0) is 16.1. The Balaban J connectivity index is 2.43. The number of benzene rings is 2. The van der Waals surface area contributed by atoms with Crippen LogP contribution >= 0.6 is 0 Å². The number of ether oxygens (including phenoxy) is 1. The zero-order valence-corrected chi connectivity index (χ0v) is 14.3. The second-order valence-corrected chi connectivity index (χ2v) is 6.79. The standard InChI is InChI=1S/C21H28O/c1-20(2,18-12-7-5-8-13-18)21(3,16-11-17-22-4)19-14-9-6-10-15-19/h5-10,12-15H,11,16-17H2,1-4H3/t21-/m1/s1. The summed E-state index contributed by atoms with van der Waals surface area (Å²) in [6.45, 7) is 7.93. The molecule has 0 aromatic heterocycles. The van der Waals surface area contributed by atoms with Crippen molar-refractivity contribution in [3.63, 3.8) is 0 Å². The molecule has 0 saturated carbocycles. The van der Waals surface area contributed by atoms with E-state index in [-0.39, 0.29) is 10.8 Å². The van der Waals surface area contributed by atoms with Gasteiger partial charge in [-0.3, -0.25) is 0 Å². The third kappa shape index (κ3) is 3.25. The highest BCUT2D eigenvalue weighted by molar-refractivity contribution is 5.36. The summed E-state index contributed by atoms with van der Waals surface area (Å²) >= 11 is 0. The van der Waals surface area contributed by atoms with Crippen molar-refractivity contribution in [1.29, 1.82) is 0 Å². The highest BCUT2D eigenvalue weighted by Crippen LogP contribution is 2.46. The van der Waals surface area contributed by atoms with Gasteiger partial charge in [0.25, 0.3) is 0 Å². The maximum Gasteiger partial charge on any atom is 0.0462 e. The molecule has 0 bridgehead atoms. The van der Waals surface area contributed by atoms with Crippen molar-refractivity contribution in [3.8, 4) is 0 Å². The Morgan fingerprint density at radius 2 is 1.27 bits per heavy atom. The van der Waals surface area contributed by atoms with E-state index in [9.17, 15) is 0 Å². The van der Waals surface area contributed by atoms with Gasteiger partial charge in [-0.15, -0.1) is 0 Å². The summed E-state index contributed by atoms with van der Waals surface area (Å²) in [5.74, 6) is 0. The lowest BCUT2D eigenvalue weighted by atomic mass is 9.58. The van der Waals surface area contributed by atoms with Crippen LogP contribution in [0.4, 0.5) is 0 Å². The van der Waals surface area contributed by atoms with E-state index in [0.717, 1.165) is 19.4 Å². The molecule has 0 aliphatic carbocycles. The zero-order valence-electron chi connectivity index (χ0n) is 14.3. The largest absolute Gasteiger partial charge is 0.385 e. The molecule has 1 heteroatoms. The summed E-state index contributed by atoms with van der Waals surface area (Å²) in [7, 11) is 1.78. The maximum atomic E-state index is 5.29. The first-order chi connectivity index (χ1) is 10.5. The van der Waals surface area contributed by atoms with Gasteiger partial charge in [0.15, 0.2) is 0 Å². The van der Waals surface area contributed by atoms with Gasteiger partial charge >= 0.3 is 0 Å². The molecule has 0 aliphatic heterocycles. The van der Waals surface area contributed by atoms with Crippen LogP contribution < -0.4 is 0 Å². The molecule has 0 heterocycles. The maximum absolute atomic E-state index is 5.29. The normalized spacial score (nSPS) is 14.5. The lowest BCUT2D eigenvalue weighted by molar-refractivity contribution is 0.168. The minimum absolute atomic E-state index is 0.0450. The highest BCUT2D eigenvalue weighted by atomic mass is 16.5. The van der Waals surface area contributed by atoms with Crippen LogP contribution in [0, 0.1) is 0 Å². The van der Waals surface area contributed by atoms with Crippen LogP contribution in [0.5, 0.6) is 0 Å². The summed E-state index contributed by atoms with van der Waals surface area (Å²) in [5, 5.41) is 0. The molecule has 118 valence electrons. The van der Waals surface area contributed by atoms with Gasteiger partial charge < -0.3 is 4.74 Å². The van der Waals surface area contributed by atoms with E-state index in [0.29, 0.717) is 0 Å². The van der Waals surface area contributed by atoms with Crippen molar-refractivity contribution in [2.24, 2.45) is 0 Å². The van der Waals surface area contributed by atoms with Crippen LogP contribution in [0.15, 0.2) is 60.7 Å². The van der Waals surface area contributed by atoms with Gasteiger partial charge in [-0.25, -0.2) is 0 Å². The molecule has 22 heavy (non-hydrogen) atoms. The van der Waals surface area contributed by atoms with Crippen LogP contribution in [0.2, 0.25) is 0 Å². The third-order valence-corrected chi connectivity index (χ3v) is 5.31. The number of methoxy groups -OCH3 is 1. The number of hydrogen-bond donors (Lipinski definition) is 0. The summed E-state index contributed by atoms with van der Waals surface area (Å²) < 4.78 is 5.29. The molecule has 0 radical (unpaired) electrons. The van der Waals surface area contributed by atoms with Gasteiger partial charge in [-0.2, -0.15) is 0 Å². The van der Waals surface area contributed by atoms with Crippen LogP contribution in [0.3, 0.4) is 0 Å². The fraction of sp³-hybridized carbons (Fsp3) is 0.429. The Kier molecular flexibility index (Phi) is 5.42. The van der Waals surface area contributed by atoms with Gasteiger partial charge in [-0.05, 0) is 29.4 Å². The lowest BCUT2D eigenvalue weighted by Crippen LogP contribution is -2.43. The minimum atomic E-state index is 0.0450. The molecule has 0 spiro atoms. The molecule has 1 nitrogen and oxygen atoms in total. The monoisotopic (exact) mass is 296 g/mol. The quantitative estimate of drug-likeness (QED) is 0.626. The minimum Gasteiger partial charge on any atom is -0.385 e. The fourth-order valence-electron chi connectivity index (χ4n) is 3.37. The van der Waals surface area contributed by atoms with E-state index < -0.39 is 0 Å². The van der Waals surface area contributed by atoms with E-state index in [1.165, 1.54) is 11.1 Å². The van der Waals surface area contributed by atoms with Crippen molar-refractivity contribution in [1.82, 2.24) is 0 Å². The molecular weight excluding hydrogens is 268 g/mol. The number of hydrogen-bond acceptors (Lipinski definition) is 1. The summed E-state index contributed by atoms with van der Waals surface area (Å²) in [4.78, 5) is 0. The first kappa shape index (κ1) is 16.8. The molecule has 2 aromatic rings. The first-order valence-electron chi connectivity index (χ1n) is 8.12. The van der Waals surface area contributed by atoms with Crippen LogP contribution in [-0.2, 0) is 15.6 Å². The molecule has 0 amide bonds. The second kappa shape index (κ2) is 7.11. The van der Waals surface area contributed by atoms with Crippen molar-refractivity contribution in [2.45, 2.75) is 44.4 Å². The molecule has 0 saturated heterocycles. The Morgan fingerprint density at radius 1 is 0.773 bits per heavy atom. The van der Waals surface area contributed by atoms with Crippen LogP contribution in [0.25, 0.3) is 0 Å². The summed E-state index contributed by atoms with van der Waals surface area (Å²) in [5.41, 5.74) is 2.90. The molecule has 2 rings (SSSR count). The van der Waals surface area contributed by atoms with E-state index in [1.54, 1.807) is 7.11 Å². The molecule has 1 atom stereocenters. The molecular formula is C21H28O. The summed E-state index contributed by atoms with van der Waals surface area (Å²) in [6, 6.07) is 21.8. The highest BCUT2D eigenvalue weighted by Gasteiger charge is 2.42.